The maximum atomic E-state index is 14.0. The lowest BCUT2D eigenvalue weighted by Gasteiger charge is -2.17. The Morgan fingerprint density at radius 3 is 2.00 bits per heavy atom. The molecule has 112 valence electrons. The number of nitrogens with two attached hydrogens (primary N) is 1. The molecule has 7 heteroatoms. The van der Waals surface area contributed by atoms with Crippen molar-refractivity contribution in [2.24, 2.45) is 5.73 Å². The molecule has 1 unspecified atom stereocenters. The lowest BCUT2D eigenvalue weighted by atomic mass is 9.96. The average Bonchev–Trinajstić information content (AvgIpc) is 2.40. The van der Waals surface area contributed by atoms with Gasteiger partial charge in [-0.25, -0.2) is 8.78 Å². The molecule has 2 aromatic carbocycles. The van der Waals surface area contributed by atoms with Crippen molar-refractivity contribution in [1.29, 1.82) is 0 Å². The first-order valence-corrected chi connectivity index (χ1v) is 6.58. The number of benzene rings is 2. The molecule has 2 aromatic rings. The molecular weight excluding hydrogens is 357 g/mol. The van der Waals surface area contributed by atoms with Crippen molar-refractivity contribution < 1.29 is 22.0 Å². The summed E-state index contributed by atoms with van der Waals surface area (Å²) in [5.41, 5.74) is 3.80. The van der Waals surface area contributed by atoms with Gasteiger partial charge in [-0.2, -0.15) is 13.2 Å². The smallest absolute Gasteiger partial charge is 0.320 e. The molecule has 21 heavy (non-hydrogen) atoms. The Morgan fingerprint density at radius 1 is 0.905 bits per heavy atom. The lowest BCUT2D eigenvalue weighted by molar-refractivity contribution is -0.140. The topological polar surface area (TPSA) is 26.0 Å². The molecule has 0 saturated heterocycles. The maximum absolute atomic E-state index is 14.0. The standard InChI is InChI=1S/C14H9BrF5N/c15-10-6-2-4-8(12(10)17)13(21)7-3-1-5-9(11(7)16)14(18,19)20/h1-6,13H,21H2. The fraction of sp³-hybridized carbons (Fsp3) is 0.143. The van der Waals surface area contributed by atoms with E-state index in [2.05, 4.69) is 15.9 Å². The number of alkyl halides is 3. The van der Waals surface area contributed by atoms with Gasteiger partial charge >= 0.3 is 6.18 Å². The molecule has 1 nitrogen and oxygen atoms in total. The fourth-order valence-corrected chi connectivity index (χ4v) is 2.32. The van der Waals surface area contributed by atoms with Crippen LogP contribution in [-0.2, 0) is 6.18 Å². The Balaban J connectivity index is 2.54. The van der Waals surface area contributed by atoms with E-state index in [0.717, 1.165) is 12.1 Å². The molecule has 0 spiro atoms. The summed E-state index contributed by atoms with van der Waals surface area (Å²) in [5, 5.41) is 0. The molecule has 0 aliphatic rings. The zero-order valence-corrected chi connectivity index (χ0v) is 12.0. The molecule has 0 bridgehead atoms. The highest BCUT2D eigenvalue weighted by Gasteiger charge is 2.35. The third-order valence-electron chi connectivity index (χ3n) is 2.99. The highest BCUT2D eigenvalue weighted by molar-refractivity contribution is 9.10. The Bertz CT molecular complexity index is 669. The van der Waals surface area contributed by atoms with E-state index in [9.17, 15) is 22.0 Å². The quantitative estimate of drug-likeness (QED) is 0.760. The minimum absolute atomic E-state index is 0.0948. The molecule has 2 N–H and O–H groups in total. The van der Waals surface area contributed by atoms with Crippen molar-refractivity contribution in [3.05, 3.63) is 69.2 Å². The van der Waals surface area contributed by atoms with Crippen LogP contribution in [0.25, 0.3) is 0 Å². The van der Waals surface area contributed by atoms with Gasteiger partial charge in [-0.1, -0.05) is 24.3 Å². The highest BCUT2D eigenvalue weighted by Crippen LogP contribution is 2.35. The van der Waals surface area contributed by atoms with E-state index in [0.29, 0.717) is 6.07 Å². The first kappa shape index (κ1) is 15.9. The van der Waals surface area contributed by atoms with Gasteiger partial charge in [0.15, 0.2) is 0 Å². The summed E-state index contributed by atoms with van der Waals surface area (Å²) < 4.78 is 66.1. The van der Waals surface area contributed by atoms with Crippen LogP contribution >= 0.6 is 15.9 Å². The summed E-state index contributed by atoms with van der Waals surface area (Å²) >= 11 is 2.95. The molecule has 0 aromatic heterocycles. The number of rotatable bonds is 2. The zero-order valence-electron chi connectivity index (χ0n) is 10.4. The summed E-state index contributed by atoms with van der Waals surface area (Å²) in [6.45, 7) is 0. The van der Waals surface area contributed by atoms with Gasteiger partial charge in [-0.15, -0.1) is 0 Å². The molecule has 0 radical (unpaired) electrons. The average molecular weight is 366 g/mol. The third kappa shape index (κ3) is 3.08. The van der Waals surface area contributed by atoms with Crippen LogP contribution in [-0.4, -0.2) is 0 Å². The largest absolute Gasteiger partial charge is 0.419 e. The Morgan fingerprint density at radius 2 is 1.43 bits per heavy atom. The van der Waals surface area contributed by atoms with Gasteiger partial charge in [0.25, 0.3) is 0 Å². The van der Waals surface area contributed by atoms with E-state index >= 15 is 0 Å². The minimum Gasteiger partial charge on any atom is -0.320 e. The molecule has 2 rings (SSSR count). The van der Waals surface area contributed by atoms with E-state index < -0.39 is 35.0 Å². The predicted molar refractivity (Wildman–Crippen MR) is 71.5 cm³/mol. The van der Waals surface area contributed by atoms with Gasteiger partial charge in [0.1, 0.15) is 11.6 Å². The summed E-state index contributed by atoms with van der Waals surface area (Å²) in [4.78, 5) is 0. The van der Waals surface area contributed by atoms with Crippen molar-refractivity contribution in [2.45, 2.75) is 12.2 Å². The minimum atomic E-state index is -4.84. The predicted octanol–water partition coefficient (Wildman–Crippen LogP) is 4.79. The van der Waals surface area contributed by atoms with Crippen LogP contribution in [0.4, 0.5) is 22.0 Å². The van der Waals surface area contributed by atoms with Crippen LogP contribution in [0, 0.1) is 11.6 Å². The van der Waals surface area contributed by atoms with Crippen LogP contribution < -0.4 is 5.73 Å². The Labute approximate surface area is 125 Å². The van der Waals surface area contributed by atoms with Crippen molar-refractivity contribution >= 4 is 15.9 Å². The van der Waals surface area contributed by atoms with Crippen molar-refractivity contribution in [3.63, 3.8) is 0 Å². The second-order valence-corrected chi connectivity index (χ2v) is 5.18. The fourth-order valence-electron chi connectivity index (χ4n) is 1.94. The van der Waals surface area contributed by atoms with Gasteiger partial charge in [0.2, 0.25) is 0 Å². The molecule has 0 aliphatic carbocycles. The van der Waals surface area contributed by atoms with E-state index in [1.54, 1.807) is 0 Å². The van der Waals surface area contributed by atoms with E-state index in [-0.39, 0.29) is 10.0 Å². The number of halogens is 6. The molecule has 0 fully saturated rings. The van der Waals surface area contributed by atoms with E-state index in [1.807, 2.05) is 0 Å². The van der Waals surface area contributed by atoms with Gasteiger partial charge < -0.3 is 5.73 Å². The second kappa shape index (κ2) is 5.73. The van der Waals surface area contributed by atoms with Crippen molar-refractivity contribution in [1.82, 2.24) is 0 Å². The summed E-state index contributed by atoms with van der Waals surface area (Å²) in [6, 6.07) is 5.59. The van der Waals surface area contributed by atoms with E-state index in [4.69, 9.17) is 5.73 Å². The van der Waals surface area contributed by atoms with Crippen LogP contribution in [0.15, 0.2) is 40.9 Å². The van der Waals surface area contributed by atoms with Crippen molar-refractivity contribution in [2.75, 3.05) is 0 Å². The lowest BCUT2D eigenvalue weighted by Crippen LogP contribution is -2.18. The maximum Gasteiger partial charge on any atom is 0.419 e. The third-order valence-corrected chi connectivity index (χ3v) is 3.60. The zero-order chi connectivity index (χ0) is 15.8. The molecule has 0 aliphatic heterocycles. The van der Waals surface area contributed by atoms with Crippen LogP contribution in [0.5, 0.6) is 0 Å². The highest BCUT2D eigenvalue weighted by atomic mass is 79.9. The number of hydrogen-bond acceptors (Lipinski definition) is 1. The SMILES string of the molecule is NC(c1cccc(Br)c1F)c1cccc(C(F)(F)F)c1F. The van der Waals surface area contributed by atoms with Gasteiger partial charge in [0, 0.05) is 11.1 Å². The van der Waals surface area contributed by atoms with Crippen LogP contribution in [0.1, 0.15) is 22.7 Å². The normalized spacial score (nSPS) is 13.3. The van der Waals surface area contributed by atoms with Gasteiger partial charge in [-0.05, 0) is 28.1 Å². The van der Waals surface area contributed by atoms with Crippen molar-refractivity contribution in [3.8, 4) is 0 Å². The Kier molecular flexibility index (Phi) is 4.34. The summed E-state index contributed by atoms with van der Waals surface area (Å²) in [7, 11) is 0. The Hall–Kier alpha value is -1.47. The van der Waals surface area contributed by atoms with Gasteiger partial charge in [0.05, 0.1) is 16.1 Å². The first-order valence-electron chi connectivity index (χ1n) is 5.78. The molecule has 0 heterocycles. The number of hydrogen-bond donors (Lipinski definition) is 1. The van der Waals surface area contributed by atoms with Crippen LogP contribution in [0.3, 0.4) is 0 Å². The molecule has 1 atom stereocenters. The summed E-state index contributed by atoms with van der Waals surface area (Å²) in [5.74, 6) is -2.22. The molecule has 0 saturated carbocycles. The monoisotopic (exact) mass is 365 g/mol. The first-order chi connectivity index (χ1) is 9.73. The second-order valence-electron chi connectivity index (χ2n) is 4.33. The van der Waals surface area contributed by atoms with Crippen LogP contribution in [0.2, 0.25) is 0 Å². The molecular formula is C14H9BrF5N. The van der Waals surface area contributed by atoms with E-state index in [1.165, 1.54) is 18.2 Å². The van der Waals surface area contributed by atoms with Gasteiger partial charge in [-0.3, -0.25) is 0 Å². The molecule has 0 amide bonds. The summed E-state index contributed by atoms with van der Waals surface area (Å²) in [6.07, 6.45) is -4.84.